The number of aromatic nitrogens is 1. The molecule has 1 aromatic carbocycles. The largest absolute Gasteiger partial charge is 0.385 e. The number of aliphatic hydroxyl groups is 1. The van der Waals surface area contributed by atoms with Crippen LogP contribution in [0.25, 0.3) is 10.9 Å². The molecule has 1 aromatic heterocycles. The Kier molecular flexibility index (Phi) is 3.53. The number of rotatable bonds is 1. The van der Waals surface area contributed by atoms with Crippen molar-refractivity contribution in [2.24, 2.45) is 11.3 Å². The fraction of sp³-hybridized carbons (Fsp3) is 0.526. The quantitative estimate of drug-likeness (QED) is 0.825. The first-order valence-corrected chi connectivity index (χ1v) is 7.97. The highest BCUT2D eigenvalue weighted by Gasteiger charge is 2.39. The molecule has 0 spiro atoms. The van der Waals surface area contributed by atoms with Crippen LogP contribution < -0.4 is 0 Å². The molecule has 1 aliphatic rings. The van der Waals surface area contributed by atoms with Gasteiger partial charge in [-0.05, 0) is 43.1 Å². The molecule has 2 heteroatoms. The lowest BCUT2D eigenvalue weighted by Gasteiger charge is -2.41. The second-order valence-electron chi connectivity index (χ2n) is 7.55. The topological polar surface area (TPSA) is 33.1 Å². The van der Waals surface area contributed by atoms with Crippen LogP contribution in [-0.4, -0.2) is 10.1 Å². The van der Waals surface area contributed by atoms with Crippen molar-refractivity contribution in [1.29, 1.82) is 0 Å². The Morgan fingerprint density at radius 1 is 1.10 bits per heavy atom. The van der Waals surface area contributed by atoms with Crippen molar-refractivity contribution >= 4 is 10.9 Å². The van der Waals surface area contributed by atoms with E-state index in [1.165, 1.54) is 0 Å². The van der Waals surface area contributed by atoms with Crippen molar-refractivity contribution < 1.29 is 5.11 Å². The van der Waals surface area contributed by atoms with Crippen molar-refractivity contribution in [3.05, 3.63) is 42.1 Å². The molecule has 0 radical (unpaired) electrons. The second-order valence-corrected chi connectivity index (χ2v) is 7.55. The van der Waals surface area contributed by atoms with E-state index in [0.29, 0.717) is 11.3 Å². The van der Waals surface area contributed by atoms with Gasteiger partial charge in [0.05, 0.1) is 11.1 Å². The van der Waals surface area contributed by atoms with E-state index < -0.39 is 5.60 Å². The molecule has 2 nitrogen and oxygen atoms in total. The molecule has 0 unspecified atom stereocenters. The molecule has 3 rings (SSSR count). The smallest absolute Gasteiger partial charge is 0.0917 e. The van der Waals surface area contributed by atoms with E-state index in [2.05, 4.69) is 37.9 Å². The highest BCUT2D eigenvalue weighted by molar-refractivity contribution is 5.82. The predicted molar refractivity (Wildman–Crippen MR) is 87.1 cm³/mol. The summed E-state index contributed by atoms with van der Waals surface area (Å²) in [6.45, 7) is 6.92. The molecule has 0 aliphatic heterocycles. The summed E-state index contributed by atoms with van der Waals surface area (Å²) in [5.74, 6) is 0.695. The van der Waals surface area contributed by atoms with Crippen LogP contribution in [0.2, 0.25) is 0 Å². The Balaban J connectivity index is 1.93. The van der Waals surface area contributed by atoms with Crippen LogP contribution in [0.3, 0.4) is 0 Å². The van der Waals surface area contributed by atoms with Crippen LogP contribution in [0.4, 0.5) is 0 Å². The molecule has 0 saturated heterocycles. The summed E-state index contributed by atoms with van der Waals surface area (Å²) in [6.07, 6.45) is 5.66. The van der Waals surface area contributed by atoms with E-state index in [1.54, 1.807) is 0 Å². The van der Waals surface area contributed by atoms with Crippen molar-refractivity contribution in [3.63, 3.8) is 0 Å². The van der Waals surface area contributed by atoms with Crippen molar-refractivity contribution in [2.45, 2.75) is 52.1 Å². The average molecular weight is 283 g/mol. The molecule has 1 heterocycles. The monoisotopic (exact) mass is 283 g/mol. The SMILES string of the molecule is CC(C)(C)C1CCC(O)(c2cccc3cccnc23)CC1. The maximum atomic E-state index is 11.2. The van der Waals surface area contributed by atoms with Gasteiger partial charge in [0, 0.05) is 17.1 Å². The predicted octanol–water partition coefficient (Wildman–Crippen LogP) is 4.66. The lowest BCUT2D eigenvalue weighted by Crippen LogP contribution is -2.35. The fourth-order valence-electron chi connectivity index (χ4n) is 3.71. The molecule has 2 aromatic rings. The molecular weight excluding hydrogens is 258 g/mol. The normalized spacial score (nSPS) is 27.0. The first-order valence-electron chi connectivity index (χ1n) is 7.97. The Bertz CT molecular complexity index is 628. The van der Waals surface area contributed by atoms with Gasteiger partial charge in [0.2, 0.25) is 0 Å². The maximum absolute atomic E-state index is 11.2. The molecule has 0 amide bonds. The highest BCUT2D eigenvalue weighted by Crippen LogP contribution is 2.46. The number of fused-ring (bicyclic) bond motifs is 1. The third kappa shape index (κ3) is 2.69. The number of para-hydroxylation sites is 1. The summed E-state index contributed by atoms with van der Waals surface area (Å²) in [5, 5.41) is 12.3. The molecule has 1 N–H and O–H groups in total. The van der Waals surface area contributed by atoms with Crippen molar-refractivity contribution in [1.82, 2.24) is 4.98 Å². The fourth-order valence-corrected chi connectivity index (χ4v) is 3.71. The standard InChI is InChI=1S/C19H25NO/c1-18(2,3)15-9-11-19(21,12-10-15)16-8-4-6-14-7-5-13-20-17(14)16/h4-8,13,15,21H,9-12H2,1-3H3. The molecular formula is C19H25NO. The van der Waals surface area contributed by atoms with Gasteiger partial charge in [0.1, 0.15) is 0 Å². The van der Waals surface area contributed by atoms with Gasteiger partial charge >= 0.3 is 0 Å². The Hall–Kier alpha value is -1.41. The minimum Gasteiger partial charge on any atom is -0.385 e. The molecule has 21 heavy (non-hydrogen) atoms. The Morgan fingerprint density at radius 3 is 2.43 bits per heavy atom. The zero-order chi connectivity index (χ0) is 15.1. The number of hydrogen-bond acceptors (Lipinski definition) is 2. The van der Waals surface area contributed by atoms with Crippen LogP contribution in [0.1, 0.15) is 52.0 Å². The van der Waals surface area contributed by atoms with E-state index in [-0.39, 0.29) is 0 Å². The van der Waals surface area contributed by atoms with Crippen LogP contribution in [-0.2, 0) is 5.60 Å². The van der Waals surface area contributed by atoms with Crippen LogP contribution in [0.5, 0.6) is 0 Å². The Morgan fingerprint density at radius 2 is 1.76 bits per heavy atom. The summed E-state index contributed by atoms with van der Waals surface area (Å²) < 4.78 is 0. The Labute approximate surface area is 127 Å². The van der Waals surface area contributed by atoms with Crippen LogP contribution in [0.15, 0.2) is 36.5 Å². The van der Waals surface area contributed by atoms with Gasteiger partial charge in [-0.2, -0.15) is 0 Å². The molecule has 0 bridgehead atoms. The highest BCUT2D eigenvalue weighted by atomic mass is 16.3. The molecule has 0 atom stereocenters. The minimum absolute atomic E-state index is 0.332. The van der Waals surface area contributed by atoms with Gasteiger partial charge in [0.25, 0.3) is 0 Å². The molecule has 1 aliphatic carbocycles. The number of pyridine rings is 1. The van der Waals surface area contributed by atoms with Crippen LogP contribution in [0, 0.1) is 11.3 Å². The van der Waals surface area contributed by atoms with E-state index >= 15 is 0 Å². The maximum Gasteiger partial charge on any atom is 0.0917 e. The molecule has 1 fully saturated rings. The summed E-state index contributed by atoms with van der Waals surface area (Å²) in [7, 11) is 0. The second kappa shape index (κ2) is 5.10. The number of nitrogens with zero attached hydrogens (tertiary/aromatic N) is 1. The van der Waals surface area contributed by atoms with Gasteiger partial charge in [-0.1, -0.05) is 45.0 Å². The van der Waals surface area contributed by atoms with E-state index in [4.69, 9.17) is 0 Å². The molecule has 112 valence electrons. The van der Waals surface area contributed by atoms with Gasteiger partial charge < -0.3 is 5.11 Å². The van der Waals surface area contributed by atoms with E-state index in [1.807, 2.05) is 24.4 Å². The minimum atomic E-state index is -0.713. The third-order valence-corrected chi connectivity index (χ3v) is 5.17. The lowest BCUT2D eigenvalue weighted by atomic mass is 9.67. The number of hydrogen-bond donors (Lipinski definition) is 1. The van der Waals surface area contributed by atoms with Gasteiger partial charge in [-0.25, -0.2) is 0 Å². The summed E-state index contributed by atoms with van der Waals surface area (Å²) >= 11 is 0. The number of benzene rings is 1. The lowest BCUT2D eigenvalue weighted by molar-refractivity contribution is -0.0287. The van der Waals surface area contributed by atoms with Gasteiger partial charge in [0.15, 0.2) is 0 Å². The van der Waals surface area contributed by atoms with Crippen molar-refractivity contribution in [2.75, 3.05) is 0 Å². The van der Waals surface area contributed by atoms with E-state index in [9.17, 15) is 5.11 Å². The van der Waals surface area contributed by atoms with E-state index in [0.717, 1.165) is 42.1 Å². The molecule has 1 saturated carbocycles. The van der Waals surface area contributed by atoms with Crippen LogP contribution >= 0.6 is 0 Å². The summed E-state index contributed by atoms with van der Waals surface area (Å²) in [5.41, 5.74) is 1.58. The average Bonchev–Trinajstić information content (AvgIpc) is 2.46. The zero-order valence-electron chi connectivity index (χ0n) is 13.3. The zero-order valence-corrected chi connectivity index (χ0v) is 13.3. The first-order chi connectivity index (χ1) is 9.90. The van der Waals surface area contributed by atoms with Crippen molar-refractivity contribution in [3.8, 4) is 0 Å². The summed E-state index contributed by atoms with van der Waals surface area (Å²) in [6, 6.07) is 10.2. The first kappa shape index (κ1) is 14.5. The van der Waals surface area contributed by atoms with Gasteiger partial charge in [-0.3, -0.25) is 4.98 Å². The van der Waals surface area contributed by atoms with Gasteiger partial charge in [-0.15, -0.1) is 0 Å². The summed E-state index contributed by atoms with van der Waals surface area (Å²) in [4.78, 5) is 4.51. The third-order valence-electron chi connectivity index (χ3n) is 5.17.